The van der Waals surface area contributed by atoms with Crippen molar-refractivity contribution in [3.8, 4) is 0 Å². The predicted octanol–water partition coefficient (Wildman–Crippen LogP) is 2.95. The molecular formula is C19H25N3O4. The van der Waals surface area contributed by atoms with E-state index in [0.717, 1.165) is 6.42 Å². The van der Waals surface area contributed by atoms with E-state index in [2.05, 4.69) is 15.8 Å². The lowest BCUT2D eigenvalue weighted by Gasteiger charge is -2.09. The Morgan fingerprint density at radius 1 is 1.23 bits per heavy atom. The van der Waals surface area contributed by atoms with Crippen LogP contribution >= 0.6 is 0 Å². The number of hydrogen-bond donors (Lipinski definition) is 2. The molecule has 26 heavy (non-hydrogen) atoms. The van der Waals surface area contributed by atoms with Crippen LogP contribution in [0, 0.1) is 6.92 Å². The molecule has 1 aromatic heterocycles. The first-order chi connectivity index (χ1) is 12.6. The van der Waals surface area contributed by atoms with Crippen LogP contribution in [0.3, 0.4) is 0 Å². The molecule has 2 rings (SSSR count). The average Bonchev–Trinajstić information content (AvgIpc) is 3.02. The summed E-state index contributed by atoms with van der Waals surface area (Å²) in [5.41, 5.74) is 2.08. The second-order valence-electron chi connectivity index (χ2n) is 5.76. The largest absolute Gasteiger partial charge is 0.382 e. The van der Waals surface area contributed by atoms with E-state index in [4.69, 9.17) is 9.26 Å². The second kappa shape index (κ2) is 9.72. The van der Waals surface area contributed by atoms with Crippen molar-refractivity contribution < 1.29 is 18.8 Å². The fourth-order valence-corrected chi connectivity index (χ4v) is 2.50. The van der Waals surface area contributed by atoms with Gasteiger partial charge < -0.3 is 19.9 Å². The van der Waals surface area contributed by atoms with E-state index in [0.29, 0.717) is 54.4 Å². The Hall–Kier alpha value is -2.67. The molecule has 0 spiro atoms. The Morgan fingerprint density at radius 3 is 2.77 bits per heavy atom. The van der Waals surface area contributed by atoms with Crippen molar-refractivity contribution in [3.05, 3.63) is 46.8 Å². The lowest BCUT2D eigenvalue weighted by molar-refractivity contribution is 0.0942. The second-order valence-corrected chi connectivity index (χ2v) is 5.76. The number of carbonyl (C=O) groups is 2. The highest BCUT2D eigenvalue weighted by molar-refractivity contribution is 6.06. The number of nitrogens with zero attached hydrogens (tertiary/aromatic N) is 1. The van der Waals surface area contributed by atoms with Crippen LogP contribution in [0.1, 0.15) is 52.4 Å². The highest BCUT2D eigenvalue weighted by Crippen LogP contribution is 2.17. The number of ether oxygens (including phenoxy) is 1. The quantitative estimate of drug-likeness (QED) is 0.672. The molecule has 7 nitrogen and oxygen atoms in total. The molecule has 0 saturated carbocycles. The van der Waals surface area contributed by atoms with Gasteiger partial charge in [0.05, 0.1) is 5.69 Å². The average molecular weight is 359 g/mol. The summed E-state index contributed by atoms with van der Waals surface area (Å²) >= 11 is 0. The standard InChI is InChI=1S/C19H25N3O4/c1-4-16-17(13(3)26-22-16)19(24)21-15-9-6-8-14(12-15)18(23)20-10-7-11-25-5-2/h6,8-9,12H,4-5,7,10-11H2,1-3H3,(H,20,23)(H,21,24). The van der Waals surface area contributed by atoms with Gasteiger partial charge in [0.1, 0.15) is 11.3 Å². The molecule has 7 heteroatoms. The molecule has 0 aliphatic rings. The molecule has 1 heterocycles. The number of amides is 2. The number of hydrogen-bond acceptors (Lipinski definition) is 5. The number of aromatic nitrogens is 1. The minimum absolute atomic E-state index is 0.187. The van der Waals surface area contributed by atoms with E-state index >= 15 is 0 Å². The van der Waals surface area contributed by atoms with Crippen LogP contribution < -0.4 is 10.6 Å². The third-order valence-corrected chi connectivity index (χ3v) is 3.83. The van der Waals surface area contributed by atoms with E-state index in [-0.39, 0.29) is 11.8 Å². The predicted molar refractivity (Wildman–Crippen MR) is 98.5 cm³/mol. The molecule has 0 fully saturated rings. The van der Waals surface area contributed by atoms with Crippen molar-refractivity contribution in [2.75, 3.05) is 25.1 Å². The summed E-state index contributed by atoms with van der Waals surface area (Å²) in [6.45, 7) is 7.36. The summed E-state index contributed by atoms with van der Waals surface area (Å²) in [7, 11) is 0. The molecule has 0 bridgehead atoms. The molecule has 2 amide bonds. The molecule has 0 atom stereocenters. The van der Waals surface area contributed by atoms with E-state index in [1.54, 1.807) is 31.2 Å². The molecule has 140 valence electrons. The lowest BCUT2D eigenvalue weighted by Crippen LogP contribution is -2.25. The number of nitrogens with one attached hydrogen (secondary N) is 2. The summed E-state index contributed by atoms with van der Waals surface area (Å²) in [4.78, 5) is 24.7. The third kappa shape index (κ3) is 5.16. The minimum atomic E-state index is -0.296. The van der Waals surface area contributed by atoms with Gasteiger partial charge in [0.2, 0.25) is 0 Å². The maximum atomic E-state index is 12.5. The van der Waals surface area contributed by atoms with Gasteiger partial charge in [0.15, 0.2) is 0 Å². The molecule has 1 aromatic carbocycles. The fraction of sp³-hybridized carbons (Fsp3) is 0.421. The van der Waals surface area contributed by atoms with Gasteiger partial charge in [-0.1, -0.05) is 18.1 Å². The smallest absolute Gasteiger partial charge is 0.261 e. The molecule has 0 aliphatic carbocycles. The van der Waals surface area contributed by atoms with E-state index in [1.807, 2.05) is 13.8 Å². The normalized spacial score (nSPS) is 10.6. The summed E-state index contributed by atoms with van der Waals surface area (Å²) in [5, 5.41) is 9.52. The summed E-state index contributed by atoms with van der Waals surface area (Å²) in [6, 6.07) is 6.81. The van der Waals surface area contributed by atoms with Gasteiger partial charge in [0.25, 0.3) is 11.8 Å². The molecule has 0 aliphatic heterocycles. The van der Waals surface area contributed by atoms with Gasteiger partial charge in [-0.05, 0) is 44.9 Å². The highest BCUT2D eigenvalue weighted by atomic mass is 16.5. The number of benzene rings is 1. The zero-order chi connectivity index (χ0) is 18.9. The van der Waals surface area contributed by atoms with Gasteiger partial charge in [-0.2, -0.15) is 0 Å². The Bertz CT molecular complexity index is 755. The van der Waals surface area contributed by atoms with Crippen molar-refractivity contribution in [2.45, 2.75) is 33.6 Å². The minimum Gasteiger partial charge on any atom is -0.382 e. The zero-order valence-corrected chi connectivity index (χ0v) is 15.4. The fourth-order valence-electron chi connectivity index (χ4n) is 2.50. The van der Waals surface area contributed by atoms with Crippen LogP contribution in [-0.4, -0.2) is 36.7 Å². The molecule has 0 radical (unpaired) electrons. The third-order valence-electron chi connectivity index (χ3n) is 3.83. The summed E-state index contributed by atoms with van der Waals surface area (Å²) in [5.74, 6) is -0.00887. The Kier molecular flexibility index (Phi) is 7.35. The highest BCUT2D eigenvalue weighted by Gasteiger charge is 2.19. The summed E-state index contributed by atoms with van der Waals surface area (Å²) < 4.78 is 10.3. The Morgan fingerprint density at radius 2 is 2.04 bits per heavy atom. The maximum absolute atomic E-state index is 12.5. The van der Waals surface area contributed by atoms with Crippen LogP contribution in [-0.2, 0) is 11.2 Å². The number of anilines is 1. The number of rotatable bonds is 9. The van der Waals surface area contributed by atoms with Gasteiger partial charge in [-0.25, -0.2) is 0 Å². The Balaban J connectivity index is 1.99. The Labute approximate surface area is 153 Å². The van der Waals surface area contributed by atoms with E-state index in [1.165, 1.54) is 0 Å². The van der Waals surface area contributed by atoms with Crippen LogP contribution in [0.25, 0.3) is 0 Å². The van der Waals surface area contributed by atoms with E-state index < -0.39 is 0 Å². The van der Waals surface area contributed by atoms with Crippen LogP contribution in [0.15, 0.2) is 28.8 Å². The SMILES string of the molecule is CCOCCCNC(=O)c1cccc(NC(=O)c2c(CC)noc2C)c1. The molecule has 2 N–H and O–H groups in total. The first kappa shape index (κ1) is 19.7. The van der Waals surface area contributed by atoms with Crippen molar-refractivity contribution in [3.63, 3.8) is 0 Å². The molecule has 0 unspecified atom stereocenters. The van der Waals surface area contributed by atoms with Gasteiger partial charge in [-0.15, -0.1) is 0 Å². The zero-order valence-electron chi connectivity index (χ0n) is 15.4. The van der Waals surface area contributed by atoms with Crippen molar-refractivity contribution in [1.29, 1.82) is 0 Å². The first-order valence-electron chi connectivity index (χ1n) is 8.79. The number of aryl methyl sites for hydroxylation is 2. The van der Waals surface area contributed by atoms with Crippen molar-refractivity contribution in [2.24, 2.45) is 0 Å². The van der Waals surface area contributed by atoms with Gasteiger partial charge in [0, 0.05) is 31.0 Å². The van der Waals surface area contributed by atoms with Crippen LogP contribution in [0.2, 0.25) is 0 Å². The monoisotopic (exact) mass is 359 g/mol. The van der Waals surface area contributed by atoms with Crippen LogP contribution in [0.5, 0.6) is 0 Å². The topological polar surface area (TPSA) is 93.5 Å². The lowest BCUT2D eigenvalue weighted by atomic mass is 10.1. The van der Waals surface area contributed by atoms with Gasteiger partial charge >= 0.3 is 0 Å². The van der Waals surface area contributed by atoms with Crippen LogP contribution in [0.4, 0.5) is 5.69 Å². The van der Waals surface area contributed by atoms with Gasteiger partial charge in [-0.3, -0.25) is 9.59 Å². The summed E-state index contributed by atoms with van der Waals surface area (Å²) in [6.07, 6.45) is 1.35. The molecule has 2 aromatic rings. The molecular weight excluding hydrogens is 334 g/mol. The number of carbonyl (C=O) groups excluding carboxylic acids is 2. The van der Waals surface area contributed by atoms with Crippen molar-refractivity contribution >= 4 is 17.5 Å². The van der Waals surface area contributed by atoms with E-state index in [9.17, 15) is 9.59 Å². The first-order valence-corrected chi connectivity index (χ1v) is 8.79. The molecule has 0 saturated heterocycles. The van der Waals surface area contributed by atoms with Crippen molar-refractivity contribution in [1.82, 2.24) is 10.5 Å². The maximum Gasteiger partial charge on any atom is 0.261 e.